The minimum absolute atomic E-state index is 0.0581. The third-order valence-corrected chi connectivity index (χ3v) is 6.75. The van der Waals surface area contributed by atoms with E-state index in [0.717, 1.165) is 27.8 Å². The first-order valence-electron chi connectivity index (χ1n) is 10.2. The summed E-state index contributed by atoms with van der Waals surface area (Å²) in [6.07, 6.45) is 0.738. The summed E-state index contributed by atoms with van der Waals surface area (Å²) >= 11 is 0. The van der Waals surface area contributed by atoms with Gasteiger partial charge in [-0.15, -0.1) is 0 Å². The van der Waals surface area contributed by atoms with Crippen LogP contribution < -0.4 is 4.74 Å². The molecular weight excluding hydrogens is 426 g/mol. The maximum Gasteiger partial charge on any atom is 0.297 e. The first-order chi connectivity index (χ1) is 15.4. The number of fused-ring (bicyclic) bond motifs is 1. The van der Waals surface area contributed by atoms with Crippen molar-refractivity contribution in [3.05, 3.63) is 96.2 Å². The minimum Gasteiger partial charge on any atom is -0.496 e. The smallest absolute Gasteiger partial charge is 0.297 e. The van der Waals surface area contributed by atoms with Crippen molar-refractivity contribution in [1.82, 2.24) is 4.57 Å². The summed E-state index contributed by atoms with van der Waals surface area (Å²) in [5.74, 6) is 0.723. The molecule has 0 aliphatic heterocycles. The van der Waals surface area contributed by atoms with Gasteiger partial charge in [-0.3, -0.25) is 4.18 Å². The molecule has 3 aromatic carbocycles. The van der Waals surface area contributed by atoms with Crippen LogP contribution in [0.5, 0.6) is 5.75 Å². The molecule has 1 aromatic heterocycles. The number of hydrogen-bond acceptors (Lipinski definition) is 5. The van der Waals surface area contributed by atoms with Crippen LogP contribution in [0, 0.1) is 6.92 Å². The first-order valence-corrected chi connectivity index (χ1v) is 11.6. The van der Waals surface area contributed by atoms with Gasteiger partial charge >= 0.3 is 0 Å². The molecule has 0 fully saturated rings. The van der Waals surface area contributed by atoms with Crippen molar-refractivity contribution in [3.63, 3.8) is 0 Å². The van der Waals surface area contributed by atoms with Gasteiger partial charge in [0, 0.05) is 11.6 Å². The van der Waals surface area contributed by atoms with Gasteiger partial charge in [0.05, 0.1) is 30.2 Å². The summed E-state index contributed by atoms with van der Waals surface area (Å²) < 4.78 is 37.9. The lowest BCUT2D eigenvalue weighted by molar-refractivity contribution is 0.0785. The van der Waals surface area contributed by atoms with Crippen molar-refractivity contribution in [2.75, 3.05) is 13.7 Å². The lowest BCUT2D eigenvalue weighted by atomic mass is 10.0. The van der Waals surface area contributed by atoms with Crippen molar-refractivity contribution in [2.24, 2.45) is 0 Å². The molecule has 0 bridgehead atoms. The molecule has 2 atom stereocenters. The van der Waals surface area contributed by atoms with Crippen LogP contribution in [0.2, 0.25) is 0 Å². The summed E-state index contributed by atoms with van der Waals surface area (Å²) in [4.78, 5) is 0.0581. The van der Waals surface area contributed by atoms with Crippen LogP contribution in [0.1, 0.15) is 17.2 Å². The van der Waals surface area contributed by atoms with E-state index in [2.05, 4.69) is 0 Å². The summed E-state index contributed by atoms with van der Waals surface area (Å²) in [5, 5.41) is 12.0. The minimum atomic E-state index is -4.00. The topological polar surface area (TPSA) is 77.8 Å². The SMILES string of the molecule is COc1cccc2c1ccn2[C@@H](c1ccccc1)[C@H](O)COS(=O)(=O)c1ccc(C)cc1. The summed E-state index contributed by atoms with van der Waals surface area (Å²) in [5.41, 5.74) is 2.64. The molecule has 0 saturated carbocycles. The molecule has 4 rings (SSSR count). The van der Waals surface area contributed by atoms with Gasteiger partial charge in [0.15, 0.2) is 0 Å². The van der Waals surface area contributed by atoms with Crippen molar-refractivity contribution < 1.29 is 22.4 Å². The van der Waals surface area contributed by atoms with Gasteiger partial charge in [0.2, 0.25) is 0 Å². The average molecular weight is 452 g/mol. The zero-order valence-electron chi connectivity index (χ0n) is 17.9. The number of aliphatic hydroxyl groups excluding tert-OH is 1. The Morgan fingerprint density at radius 1 is 0.938 bits per heavy atom. The van der Waals surface area contributed by atoms with E-state index in [1.807, 2.05) is 72.3 Å². The van der Waals surface area contributed by atoms with Crippen LogP contribution >= 0.6 is 0 Å². The molecule has 1 heterocycles. The number of benzene rings is 3. The molecule has 0 radical (unpaired) electrons. The summed E-state index contributed by atoms with van der Waals surface area (Å²) in [6, 6.07) is 22.9. The predicted octanol–water partition coefficient (Wildman–Crippen LogP) is 4.31. The van der Waals surface area contributed by atoms with Gasteiger partial charge < -0.3 is 14.4 Å². The van der Waals surface area contributed by atoms with E-state index < -0.39 is 22.3 Å². The summed E-state index contributed by atoms with van der Waals surface area (Å²) in [6.45, 7) is 1.49. The van der Waals surface area contributed by atoms with Gasteiger partial charge in [-0.2, -0.15) is 8.42 Å². The lowest BCUT2D eigenvalue weighted by Gasteiger charge is -2.26. The Kier molecular flexibility index (Phi) is 6.32. The number of hydrogen-bond donors (Lipinski definition) is 1. The fraction of sp³-hybridized carbons (Fsp3) is 0.200. The van der Waals surface area contributed by atoms with E-state index in [4.69, 9.17) is 8.92 Å². The molecule has 0 amide bonds. The second-order valence-electron chi connectivity index (χ2n) is 7.59. The van der Waals surface area contributed by atoms with Crippen LogP contribution in [0.15, 0.2) is 90.0 Å². The van der Waals surface area contributed by atoms with Crippen LogP contribution in [0.3, 0.4) is 0 Å². The quantitative estimate of drug-likeness (QED) is 0.404. The third-order valence-electron chi connectivity index (χ3n) is 5.45. The Labute approximate surface area is 187 Å². The number of aromatic nitrogens is 1. The molecule has 0 aliphatic carbocycles. The van der Waals surface area contributed by atoms with Gasteiger partial charge in [0.1, 0.15) is 11.9 Å². The van der Waals surface area contributed by atoms with Gasteiger partial charge in [0.25, 0.3) is 10.1 Å². The Balaban J connectivity index is 1.67. The molecule has 7 heteroatoms. The Bertz CT molecular complexity index is 1300. The third kappa shape index (κ3) is 4.41. The van der Waals surface area contributed by atoms with Gasteiger partial charge in [-0.05, 0) is 42.8 Å². The number of aryl methyl sites for hydroxylation is 1. The van der Waals surface area contributed by atoms with Gasteiger partial charge in [-0.1, -0.05) is 54.1 Å². The Hall–Kier alpha value is -3.13. The molecule has 1 N–H and O–H groups in total. The maximum atomic E-state index is 12.6. The molecule has 166 valence electrons. The zero-order valence-corrected chi connectivity index (χ0v) is 18.7. The highest BCUT2D eigenvalue weighted by molar-refractivity contribution is 7.86. The highest BCUT2D eigenvalue weighted by atomic mass is 32.2. The number of rotatable bonds is 8. The van der Waals surface area contributed by atoms with E-state index in [1.54, 1.807) is 19.2 Å². The molecular formula is C25H25NO5S. The van der Waals surface area contributed by atoms with Crippen molar-refractivity contribution in [1.29, 1.82) is 0 Å². The summed E-state index contributed by atoms with van der Waals surface area (Å²) in [7, 11) is -2.39. The van der Waals surface area contributed by atoms with Crippen molar-refractivity contribution in [2.45, 2.75) is 24.0 Å². The first kappa shape index (κ1) is 22.1. The molecule has 4 aromatic rings. The number of nitrogens with zero attached hydrogens (tertiary/aromatic N) is 1. The maximum absolute atomic E-state index is 12.6. The van der Waals surface area contributed by atoms with Crippen LogP contribution in [0.25, 0.3) is 10.9 Å². The predicted molar refractivity (Wildman–Crippen MR) is 123 cm³/mol. The van der Waals surface area contributed by atoms with E-state index in [0.29, 0.717) is 0 Å². The van der Waals surface area contributed by atoms with Crippen molar-refractivity contribution in [3.8, 4) is 5.75 Å². The second-order valence-corrected chi connectivity index (χ2v) is 9.21. The molecule has 0 aliphatic rings. The van der Waals surface area contributed by atoms with Gasteiger partial charge in [-0.25, -0.2) is 0 Å². The number of methoxy groups -OCH3 is 1. The molecule has 0 unspecified atom stereocenters. The molecule has 6 nitrogen and oxygen atoms in total. The van der Waals surface area contributed by atoms with Crippen LogP contribution in [0.4, 0.5) is 0 Å². The van der Waals surface area contributed by atoms with E-state index in [1.165, 1.54) is 12.1 Å². The highest BCUT2D eigenvalue weighted by Gasteiger charge is 2.27. The fourth-order valence-corrected chi connectivity index (χ4v) is 4.75. The highest BCUT2D eigenvalue weighted by Crippen LogP contribution is 2.32. The Morgan fingerprint density at radius 3 is 2.34 bits per heavy atom. The number of ether oxygens (including phenoxy) is 1. The molecule has 32 heavy (non-hydrogen) atoms. The zero-order chi connectivity index (χ0) is 22.7. The standard InChI is InChI=1S/C25H25NO5S/c1-18-11-13-20(14-12-18)32(28,29)31-17-23(27)25(19-7-4-3-5-8-19)26-16-15-21-22(26)9-6-10-24(21)30-2/h3-16,23,25,27H,17H2,1-2H3/t23-,25+/m1/s1. The molecule has 0 saturated heterocycles. The number of aliphatic hydroxyl groups is 1. The largest absolute Gasteiger partial charge is 0.496 e. The van der Waals surface area contributed by atoms with Crippen LogP contribution in [-0.4, -0.2) is 37.9 Å². The molecule has 0 spiro atoms. The van der Waals surface area contributed by atoms with E-state index in [9.17, 15) is 13.5 Å². The second kappa shape index (κ2) is 9.16. The fourth-order valence-electron chi connectivity index (χ4n) is 3.82. The monoisotopic (exact) mass is 451 g/mol. The lowest BCUT2D eigenvalue weighted by Crippen LogP contribution is -2.30. The normalized spacial score (nSPS) is 13.7. The average Bonchev–Trinajstić information content (AvgIpc) is 3.23. The van der Waals surface area contributed by atoms with E-state index in [-0.39, 0.29) is 11.5 Å². The Morgan fingerprint density at radius 2 is 1.66 bits per heavy atom. The van der Waals surface area contributed by atoms with E-state index >= 15 is 0 Å². The van der Waals surface area contributed by atoms with Crippen LogP contribution in [-0.2, 0) is 14.3 Å². The van der Waals surface area contributed by atoms with Crippen molar-refractivity contribution >= 4 is 21.0 Å².